The minimum Gasteiger partial charge on any atom is -0.347 e. The van der Waals surface area contributed by atoms with Crippen molar-refractivity contribution in [3.05, 3.63) is 65.5 Å². The molecule has 8 heteroatoms. The molecular weight excluding hydrogens is 352 g/mol. The fourth-order valence-corrected chi connectivity index (χ4v) is 2.78. The van der Waals surface area contributed by atoms with Crippen LogP contribution in [0.5, 0.6) is 0 Å². The number of benzene rings is 2. The van der Waals surface area contributed by atoms with Crippen LogP contribution in [0.15, 0.2) is 48.5 Å². The second-order valence-electron chi connectivity index (χ2n) is 5.93. The molecule has 4 nitrogen and oxygen atoms in total. The molecule has 1 N–H and O–H groups in total. The molecule has 2 aromatic carbocycles. The van der Waals surface area contributed by atoms with Gasteiger partial charge >= 0.3 is 6.18 Å². The molecule has 136 valence electrons. The Morgan fingerprint density at radius 3 is 2.42 bits per heavy atom. The number of hydrogen-bond acceptors (Lipinski definition) is 2. The van der Waals surface area contributed by atoms with Crippen LogP contribution in [-0.2, 0) is 11.0 Å². The van der Waals surface area contributed by atoms with Gasteiger partial charge in [0.1, 0.15) is 5.82 Å². The van der Waals surface area contributed by atoms with Gasteiger partial charge in [0, 0.05) is 24.2 Å². The van der Waals surface area contributed by atoms with Gasteiger partial charge in [0.25, 0.3) is 5.91 Å². The smallest absolute Gasteiger partial charge is 0.347 e. The van der Waals surface area contributed by atoms with Gasteiger partial charge in [-0.25, -0.2) is 4.39 Å². The number of amides is 2. The Balaban J connectivity index is 1.66. The quantitative estimate of drug-likeness (QED) is 0.847. The van der Waals surface area contributed by atoms with Crippen molar-refractivity contribution in [2.75, 3.05) is 11.4 Å². The zero-order valence-electron chi connectivity index (χ0n) is 13.4. The molecule has 2 aromatic rings. The molecule has 1 fully saturated rings. The lowest BCUT2D eigenvalue weighted by Crippen LogP contribution is -2.37. The van der Waals surface area contributed by atoms with Crippen molar-refractivity contribution in [3.8, 4) is 0 Å². The first-order chi connectivity index (χ1) is 12.2. The zero-order chi connectivity index (χ0) is 18.9. The second kappa shape index (κ2) is 6.78. The summed E-state index contributed by atoms with van der Waals surface area (Å²) in [5, 5.41) is 2.62. The van der Waals surface area contributed by atoms with Crippen molar-refractivity contribution in [2.45, 2.75) is 18.6 Å². The summed E-state index contributed by atoms with van der Waals surface area (Å²) in [4.78, 5) is 25.6. The van der Waals surface area contributed by atoms with Gasteiger partial charge in [-0.05, 0) is 42.5 Å². The van der Waals surface area contributed by atoms with E-state index in [9.17, 15) is 27.2 Å². The van der Waals surface area contributed by atoms with Gasteiger partial charge in [-0.2, -0.15) is 13.2 Å². The molecule has 0 bridgehead atoms. The lowest BCUT2D eigenvalue weighted by atomic mass is 10.1. The first kappa shape index (κ1) is 17.9. The maximum absolute atomic E-state index is 13.3. The number of carbonyl (C=O) groups excluding carboxylic acids is 2. The first-order valence-electron chi connectivity index (χ1n) is 7.78. The van der Waals surface area contributed by atoms with Crippen LogP contribution in [0.25, 0.3) is 0 Å². The number of hydrogen-bond donors (Lipinski definition) is 1. The van der Waals surface area contributed by atoms with Crippen molar-refractivity contribution in [1.82, 2.24) is 5.32 Å². The molecule has 0 saturated carbocycles. The average Bonchev–Trinajstić information content (AvgIpc) is 2.94. The Morgan fingerprint density at radius 1 is 1.12 bits per heavy atom. The third kappa shape index (κ3) is 3.84. The van der Waals surface area contributed by atoms with E-state index >= 15 is 0 Å². The van der Waals surface area contributed by atoms with E-state index in [1.165, 1.54) is 23.1 Å². The molecule has 2 amide bonds. The second-order valence-corrected chi connectivity index (χ2v) is 5.93. The highest BCUT2D eigenvalue weighted by atomic mass is 19.4. The molecule has 1 saturated heterocycles. The van der Waals surface area contributed by atoms with Gasteiger partial charge in [0.2, 0.25) is 5.91 Å². The van der Waals surface area contributed by atoms with E-state index in [-0.39, 0.29) is 24.4 Å². The van der Waals surface area contributed by atoms with Crippen molar-refractivity contribution >= 4 is 17.5 Å². The van der Waals surface area contributed by atoms with E-state index < -0.39 is 29.5 Å². The van der Waals surface area contributed by atoms with Crippen LogP contribution >= 0.6 is 0 Å². The highest BCUT2D eigenvalue weighted by Gasteiger charge is 2.33. The minimum atomic E-state index is -4.47. The SMILES string of the molecule is O=C(NC1CC(=O)N(c2cccc(F)c2)C1)c1ccc(C(F)(F)F)cc1. The van der Waals surface area contributed by atoms with Crippen LogP contribution in [0.4, 0.5) is 23.2 Å². The summed E-state index contributed by atoms with van der Waals surface area (Å²) in [7, 11) is 0. The standard InChI is InChI=1S/C18H14F4N2O2/c19-13-2-1-3-15(8-13)24-10-14(9-16(24)25)23-17(26)11-4-6-12(7-5-11)18(20,21)22/h1-8,14H,9-10H2,(H,23,26). The highest BCUT2D eigenvalue weighted by Crippen LogP contribution is 2.29. The van der Waals surface area contributed by atoms with E-state index in [0.717, 1.165) is 24.3 Å². The van der Waals surface area contributed by atoms with Crippen molar-refractivity contribution < 1.29 is 27.2 Å². The Labute approximate surface area is 146 Å². The molecule has 0 aliphatic carbocycles. The van der Waals surface area contributed by atoms with Crippen LogP contribution in [-0.4, -0.2) is 24.4 Å². The summed E-state index contributed by atoms with van der Waals surface area (Å²) in [5.74, 6) is -1.32. The monoisotopic (exact) mass is 366 g/mol. The van der Waals surface area contributed by atoms with Crippen molar-refractivity contribution in [2.24, 2.45) is 0 Å². The predicted octanol–water partition coefficient (Wildman–Crippen LogP) is 3.38. The number of nitrogens with one attached hydrogen (secondary N) is 1. The summed E-state index contributed by atoms with van der Waals surface area (Å²) in [6.45, 7) is 0.161. The number of nitrogens with zero attached hydrogens (tertiary/aromatic N) is 1. The topological polar surface area (TPSA) is 49.4 Å². The summed E-state index contributed by atoms with van der Waals surface area (Å²) >= 11 is 0. The van der Waals surface area contributed by atoms with Gasteiger partial charge in [0.15, 0.2) is 0 Å². The van der Waals surface area contributed by atoms with E-state index in [1.54, 1.807) is 6.07 Å². The van der Waals surface area contributed by atoms with Crippen LogP contribution in [0, 0.1) is 5.82 Å². The number of anilines is 1. The summed E-state index contributed by atoms with van der Waals surface area (Å²) in [5.41, 5.74) is -0.390. The summed E-state index contributed by atoms with van der Waals surface area (Å²) < 4.78 is 51.0. The fourth-order valence-electron chi connectivity index (χ4n) is 2.78. The zero-order valence-corrected chi connectivity index (χ0v) is 13.4. The van der Waals surface area contributed by atoms with Crippen LogP contribution in [0.3, 0.4) is 0 Å². The van der Waals surface area contributed by atoms with E-state index in [2.05, 4.69) is 5.32 Å². The number of carbonyl (C=O) groups is 2. The summed E-state index contributed by atoms with van der Waals surface area (Å²) in [6, 6.07) is 8.85. The number of rotatable bonds is 3. The van der Waals surface area contributed by atoms with Gasteiger partial charge in [-0.15, -0.1) is 0 Å². The van der Waals surface area contributed by atoms with Gasteiger partial charge in [-0.1, -0.05) is 6.07 Å². The molecule has 3 rings (SSSR count). The Hall–Kier alpha value is -2.90. The maximum Gasteiger partial charge on any atom is 0.416 e. The molecular formula is C18H14F4N2O2. The first-order valence-corrected chi connectivity index (χ1v) is 7.78. The Bertz CT molecular complexity index is 834. The van der Waals surface area contributed by atoms with Gasteiger partial charge < -0.3 is 10.2 Å². The molecule has 0 radical (unpaired) electrons. The predicted molar refractivity (Wildman–Crippen MR) is 86.1 cm³/mol. The minimum absolute atomic E-state index is 0.0306. The maximum atomic E-state index is 13.3. The molecule has 0 spiro atoms. The van der Waals surface area contributed by atoms with Crippen LogP contribution < -0.4 is 10.2 Å². The molecule has 1 atom stereocenters. The Morgan fingerprint density at radius 2 is 1.81 bits per heavy atom. The molecule has 1 heterocycles. The van der Waals surface area contributed by atoms with Gasteiger partial charge in [0.05, 0.1) is 11.6 Å². The van der Waals surface area contributed by atoms with Crippen LogP contribution in [0.2, 0.25) is 0 Å². The largest absolute Gasteiger partial charge is 0.416 e. The van der Waals surface area contributed by atoms with E-state index in [0.29, 0.717) is 5.69 Å². The molecule has 1 unspecified atom stereocenters. The molecule has 0 aromatic heterocycles. The van der Waals surface area contributed by atoms with Crippen LogP contribution in [0.1, 0.15) is 22.3 Å². The lowest BCUT2D eigenvalue weighted by molar-refractivity contribution is -0.137. The molecule has 26 heavy (non-hydrogen) atoms. The lowest BCUT2D eigenvalue weighted by Gasteiger charge is -2.17. The van der Waals surface area contributed by atoms with Crippen molar-refractivity contribution in [1.29, 1.82) is 0 Å². The molecule has 1 aliphatic rings. The normalized spacial score (nSPS) is 17.5. The third-order valence-electron chi connectivity index (χ3n) is 4.05. The Kier molecular flexibility index (Phi) is 4.67. The number of halogens is 4. The average molecular weight is 366 g/mol. The number of alkyl halides is 3. The van der Waals surface area contributed by atoms with Gasteiger partial charge in [-0.3, -0.25) is 9.59 Å². The van der Waals surface area contributed by atoms with E-state index in [4.69, 9.17) is 0 Å². The van der Waals surface area contributed by atoms with E-state index in [1.807, 2.05) is 0 Å². The highest BCUT2D eigenvalue weighted by molar-refractivity contribution is 5.98. The fraction of sp³-hybridized carbons (Fsp3) is 0.222. The van der Waals surface area contributed by atoms with Crippen molar-refractivity contribution in [3.63, 3.8) is 0 Å². The summed E-state index contributed by atoms with van der Waals surface area (Å²) in [6.07, 6.45) is -4.44. The third-order valence-corrected chi connectivity index (χ3v) is 4.05. The molecule has 1 aliphatic heterocycles.